The molecule has 0 heterocycles. The van der Waals surface area contributed by atoms with Gasteiger partial charge in [0.2, 0.25) is 0 Å². The highest BCUT2D eigenvalue weighted by Gasteiger charge is 2.53. The van der Waals surface area contributed by atoms with Crippen molar-refractivity contribution < 1.29 is 26.6 Å². The SMILES string of the molecule is CCCCO[Si](OCCCC)(OCCCC)c1ccccc1[Si](OCCCC)(OCCCC)OCCCC. The van der Waals surface area contributed by atoms with E-state index in [0.29, 0.717) is 39.6 Å². The summed E-state index contributed by atoms with van der Waals surface area (Å²) in [6, 6.07) is 8.34. The molecule has 0 fully saturated rings. The highest BCUT2D eigenvalue weighted by molar-refractivity contribution is 6.86. The third kappa shape index (κ3) is 12.3. The van der Waals surface area contributed by atoms with Gasteiger partial charge in [0.15, 0.2) is 0 Å². The van der Waals surface area contributed by atoms with E-state index in [4.69, 9.17) is 26.6 Å². The van der Waals surface area contributed by atoms with Crippen molar-refractivity contribution in [2.45, 2.75) is 119 Å². The largest absolute Gasteiger partial charge is 0.537 e. The van der Waals surface area contributed by atoms with Crippen LogP contribution in [0.2, 0.25) is 0 Å². The van der Waals surface area contributed by atoms with Gasteiger partial charge in [-0.2, -0.15) is 0 Å². The number of unbranched alkanes of at least 4 members (excludes halogenated alkanes) is 6. The lowest BCUT2D eigenvalue weighted by Crippen LogP contribution is -2.70. The first-order valence-electron chi connectivity index (χ1n) is 15.5. The molecule has 0 N–H and O–H groups in total. The Balaban J connectivity index is 3.69. The topological polar surface area (TPSA) is 55.4 Å². The van der Waals surface area contributed by atoms with E-state index in [1.54, 1.807) is 0 Å². The molecule has 0 aliphatic rings. The quantitative estimate of drug-likeness (QED) is 0.0894. The van der Waals surface area contributed by atoms with Crippen molar-refractivity contribution in [3.63, 3.8) is 0 Å². The number of hydrogen-bond acceptors (Lipinski definition) is 6. The molecule has 0 saturated carbocycles. The Labute approximate surface area is 236 Å². The van der Waals surface area contributed by atoms with Crippen molar-refractivity contribution in [3.05, 3.63) is 24.3 Å². The molecule has 0 saturated heterocycles. The standard InChI is InChI=1S/C30H58O6Si2/c1-7-13-23-31-37(32-24-14-8-2,33-25-15-9-3)29-21-19-20-22-30(29)38(34-26-16-10-4,35-27-17-11-5)36-28-18-12-6/h19-22H,7-18,23-28H2,1-6H3. The average molecular weight is 571 g/mol. The van der Waals surface area contributed by atoms with Crippen molar-refractivity contribution in [1.29, 1.82) is 0 Å². The molecule has 1 aromatic carbocycles. The summed E-state index contributed by atoms with van der Waals surface area (Å²) >= 11 is 0. The van der Waals surface area contributed by atoms with Crippen molar-refractivity contribution in [2.24, 2.45) is 0 Å². The van der Waals surface area contributed by atoms with Crippen molar-refractivity contribution in [2.75, 3.05) is 39.6 Å². The third-order valence-corrected chi connectivity index (χ3v) is 12.3. The fourth-order valence-electron chi connectivity index (χ4n) is 3.84. The van der Waals surface area contributed by atoms with E-state index in [1.807, 2.05) is 0 Å². The van der Waals surface area contributed by atoms with Gasteiger partial charge in [0.1, 0.15) is 0 Å². The van der Waals surface area contributed by atoms with Crippen LogP contribution in [0.25, 0.3) is 0 Å². The minimum Gasteiger partial charge on any atom is -0.370 e. The van der Waals surface area contributed by atoms with Crippen LogP contribution in [0.15, 0.2) is 24.3 Å². The highest BCUT2D eigenvalue weighted by atomic mass is 28.4. The van der Waals surface area contributed by atoms with Crippen LogP contribution >= 0.6 is 0 Å². The number of benzene rings is 1. The summed E-state index contributed by atoms with van der Waals surface area (Å²) in [4.78, 5) is 0. The van der Waals surface area contributed by atoms with Crippen LogP contribution in [-0.4, -0.2) is 57.3 Å². The molecule has 0 unspecified atom stereocenters. The first-order chi connectivity index (χ1) is 18.6. The minimum absolute atomic E-state index is 0.605. The maximum absolute atomic E-state index is 6.71. The zero-order chi connectivity index (χ0) is 28.0. The lowest BCUT2D eigenvalue weighted by Gasteiger charge is -2.36. The number of hydrogen-bond donors (Lipinski definition) is 0. The van der Waals surface area contributed by atoms with E-state index in [-0.39, 0.29) is 0 Å². The normalized spacial score (nSPS) is 12.4. The van der Waals surface area contributed by atoms with Gasteiger partial charge in [-0.05, 0) is 38.5 Å². The van der Waals surface area contributed by atoms with Gasteiger partial charge in [-0.15, -0.1) is 0 Å². The second-order valence-corrected chi connectivity index (χ2v) is 14.9. The molecule has 1 rings (SSSR count). The molecule has 0 aliphatic carbocycles. The van der Waals surface area contributed by atoms with Crippen LogP contribution in [0, 0.1) is 0 Å². The van der Waals surface area contributed by atoms with Gasteiger partial charge in [-0.1, -0.05) is 104 Å². The summed E-state index contributed by atoms with van der Waals surface area (Å²) in [5, 5.41) is 1.92. The van der Waals surface area contributed by atoms with Crippen LogP contribution in [-0.2, 0) is 26.6 Å². The van der Waals surface area contributed by atoms with Gasteiger partial charge in [0, 0.05) is 50.0 Å². The summed E-state index contributed by atoms with van der Waals surface area (Å²) in [7, 11) is -6.57. The Bertz CT molecular complexity index is 580. The van der Waals surface area contributed by atoms with Gasteiger partial charge in [-0.25, -0.2) is 0 Å². The monoisotopic (exact) mass is 570 g/mol. The predicted octanol–water partition coefficient (Wildman–Crippen LogP) is 6.88. The molecular formula is C30H58O6Si2. The molecule has 0 amide bonds. The summed E-state index contributed by atoms with van der Waals surface area (Å²) in [5.74, 6) is 0. The Hall–Kier alpha value is -0.586. The van der Waals surface area contributed by atoms with E-state index >= 15 is 0 Å². The molecule has 222 valence electrons. The molecule has 0 radical (unpaired) electrons. The Morgan fingerprint density at radius 1 is 0.395 bits per heavy atom. The van der Waals surface area contributed by atoms with Gasteiger partial charge in [0.05, 0.1) is 0 Å². The second-order valence-electron chi connectivity index (χ2n) is 9.87. The Morgan fingerprint density at radius 2 is 0.605 bits per heavy atom. The van der Waals surface area contributed by atoms with Crippen molar-refractivity contribution in [1.82, 2.24) is 0 Å². The van der Waals surface area contributed by atoms with Gasteiger partial charge in [0.25, 0.3) is 0 Å². The smallest absolute Gasteiger partial charge is 0.370 e. The van der Waals surface area contributed by atoms with Crippen molar-refractivity contribution in [3.8, 4) is 0 Å². The van der Waals surface area contributed by atoms with Crippen LogP contribution in [0.5, 0.6) is 0 Å². The molecule has 0 aromatic heterocycles. The van der Waals surface area contributed by atoms with Crippen LogP contribution in [0.1, 0.15) is 119 Å². The molecule has 0 aliphatic heterocycles. The molecular weight excluding hydrogens is 512 g/mol. The van der Waals surface area contributed by atoms with E-state index in [2.05, 4.69) is 65.8 Å². The zero-order valence-electron chi connectivity index (χ0n) is 25.5. The fourth-order valence-corrected chi connectivity index (χ4v) is 10.1. The lowest BCUT2D eigenvalue weighted by molar-refractivity contribution is 0.0651. The van der Waals surface area contributed by atoms with Gasteiger partial charge >= 0.3 is 17.6 Å². The van der Waals surface area contributed by atoms with Gasteiger partial charge < -0.3 is 26.6 Å². The fraction of sp³-hybridized carbons (Fsp3) is 0.800. The maximum atomic E-state index is 6.71. The van der Waals surface area contributed by atoms with Crippen LogP contribution < -0.4 is 10.4 Å². The molecule has 1 aromatic rings. The average Bonchev–Trinajstić information content (AvgIpc) is 2.93. The van der Waals surface area contributed by atoms with E-state index in [9.17, 15) is 0 Å². The summed E-state index contributed by atoms with van der Waals surface area (Å²) in [6.07, 6.45) is 12.1. The molecule has 0 bridgehead atoms. The first-order valence-corrected chi connectivity index (χ1v) is 19.0. The summed E-state index contributed by atoms with van der Waals surface area (Å²) in [6.45, 7) is 16.7. The van der Waals surface area contributed by atoms with Crippen LogP contribution in [0.4, 0.5) is 0 Å². The van der Waals surface area contributed by atoms with E-state index in [1.165, 1.54) is 0 Å². The zero-order valence-corrected chi connectivity index (χ0v) is 27.5. The molecule has 38 heavy (non-hydrogen) atoms. The predicted molar refractivity (Wildman–Crippen MR) is 162 cm³/mol. The molecule has 8 heteroatoms. The van der Waals surface area contributed by atoms with Crippen molar-refractivity contribution >= 4 is 28.0 Å². The van der Waals surface area contributed by atoms with E-state index < -0.39 is 17.6 Å². The van der Waals surface area contributed by atoms with Gasteiger partial charge in [-0.3, -0.25) is 0 Å². The Kier molecular flexibility index (Phi) is 20.7. The Morgan fingerprint density at radius 3 is 0.789 bits per heavy atom. The maximum Gasteiger partial charge on any atom is 0.537 e. The minimum atomic E-state index is -3.29. The highest BCUT2D eigenvalue weighted by Crippen LogP contribution is 2.19. The van der Waals surface area contributed by atoms with E-state index in [0.717, 1.165) is 87.4 Å². The summed E-state index contributed by atoms with van der Waals surface area (Å²) in [5.41, 5.74) is 0. The second kappa shape index (κ2) is 22.1. The first kappa shape index (κ1) is 35.4. The van der Waals surface area contributed by atoms with Crippen LogP contribution in [0.3, 0.4) is 0 Å². The summed E-state index contributed by atoms with van der Waals surface area (Å²) < 4.78 is 40.3. The third-order valence-electron chi connectivity index (χ3n) is 6.33. The number of rotatable bonds is 26. The lowest BCUT2D eigenvalue weighted by atomic mass is 10.4. The molecule has 0 spiro atoms. The molecule has 0 atom stereocenters. The molecule has 6 nitrogen and oxygen atoms in total.